The summed E-state index contributed by atoms with van der Waals surface area (Å²) in [5.41, 5.74) is 11.9. The van der Waals surface area contributed by atoms with E-state index in [4.69, 9.17) is 16.2 Å². The van der Waals surface area contributed by atoms with E-state index in [1.165, 1.54) is 19.2 Å². The molecule has 0 saturated carbocycles. The molecule has 0 atom stereocenters. The molecule has 12 heavy (non-hydrogen) atoms. The van der Waals surface area contributed by atoms with E-state index < -0.39 is 5.82 Å². The van der Waals surface area contributed by atoms with Crippen molar-refractivity contribution in [2.24, 2.45) is 5.73 Å². The Balaban J connectivity index is 3.18. The second kappa shape index (κ2) is 3.40. The number of nitrogen functional groups attached to an aromatic ring is 1. The maximum atomic E-state index is 12.9. The van der Waals surface area contributed by atoms with Crippen molar-refractivity contribution in [1.82, 2.24) is 0 Å². The quantitative estimate of drug-likeness (QED) is 0.647. The molecule has 4 heteroatoms. The van der Waals surface area contributed by atoms with Crippen LogP contribution in [0.15, 0.2) is 12.1 Å². The Labute approximate surface area is 70.1 Å². The Hall–Kier alpha value is -1.29. The van der Waals surface area contributed by atoms with E-state index in [0.29, 0.717) is 11.3 Å². The van der Waals surface area contributed by atoms with Crippen LogP contribution in [0, 0.1) is 5.82 Å². The molecule has 0 bridgehead atoms. The average Bonchev–Trinajstić information content (AvgIpc) is 2.05. The van der Waals surface area contributed by atoms with Gasteiger partial charge in [0.1, 0.15) is 0 Å². The van der Waals surface area contributed by atoms with E-state index in [1.807, 2.05) is 0 Å². The monoisotopic (exact) mass is 170 g/mol. The van der Waals surface area contributed by atoms with Gasteiger partial charge >= 0.3 is 0 Å². The van der Waals surface area contributed by atoms with Gasteiger partial charge in [0.2, 0.25) is 0 Å². The number of anilines is 1. The molecular weight excluding hydrogens is 159 g/mol. The molecule has 1 rings (SSSR count). The first-order chi connectivity index (χ1) is 5.69. The van der Waals surface area contributed by atoms with Crippen molar-refractivity contribution >= 4 is 5.69 Å². The van der Waals surface area contributed by atoms with E-state index in [1.54, 1.807) is 0 Å². The highest BCUT2D eigenvalue weighted by Gasteiger charge is 2.06. The fraction of sp³-hybridized carbons (Fsp3) is 0.250. The number of rotatable bonds is 2. The number of hydrogen-bond donors (Lipinski definition) is 2. The van der Waals surface area contributed by atoms with Crippen molar-refractivity contribution in [2.75, 3.05) is 12.8 Å². The molecule has 0 heterocycles. The Morgan fingerprint density at radius 2 is 2.17 bits per heavy atom. The number of benzene rings is 1. The summed E-state index contributed by atoms with van der Waals surface area (Å²) in [6.45, 7) is 0.280. The van der Waals surface area contributed by atoms with Gasteiger partial charge in [-0.05, 0) is 11.6 Å². The van der Waals surface area contributed by atoms with Gasteiger partial charge in [0, 0.05) is 18.3 Å². The van der Waals surface area contributed by atoms with E-state index in [2.05, 4.69) is 0 Å². The normalized spacial score (nSPS) is 9.92. The predicted octanol–water partition coefficient (Wildman–Crippen LogP) is 0.875. The second-order valence-electron chi connectivity index (χ2n) is 2.39. The first kappa shape index (κ1) is 8.80. The van der Waals surface area contributed by atoms with Crippen molar-refractivity contribution in [3.63, 3.8) is 0 Å². The van der Waals surface area contributed by atoms with Crippen molar-refractivity contribution in [2.45, 2.75) is 6.54 Å². The van der Waals surface area contributed by atoms with E-state index in [9.17, 15) is 4.39 Å². The lowest BCUT2D eigenvalue weighted by molar-refractivity contribution is 0.386. The van der Waals surface area contributed by atoms with Crippen LogP contribution in [0.4, 0.5) is 10.1 Å². The summed E-state index contributed by atoms with van der Waals surface area (Å²) in [5.74, 6) is -0.295. The number of nitrogens with two attached hydrogens (primary N) is 2. The van der Waals surface area contributed by atoms with E-state index >= 15 is 0 Å². The minimum absolute atomic E-state index is 0.171. The molecule has 0 aliphatic carbocycles. The Morgan fingerprint density at radius 3 is 2.67 bits per heavy atom. The molecule has 0 aliphatic rings. The van der Waals surface area contributed by atoms with Crippen LogP contribution >= 0.6 is 0 Å². The van der Waals surface area contributed by atoms with Crippen LogP contribution in [0.5, 0.6) is 5.75 Å². The van der Waals surface area contributed by atoms with Gasteiger partial charge in [-0.3, -0.25) is 0 Å². The number of hydrogen-bond acceptors (Lipinski definition) is 3. The van der Waals surface area contributed by atoms with Crippen LogP contribution in [0.3, 0.4) is 0 Å². The maximum Gasteiger partial charge on any atom is 0.167 e. The Kier molecular flexibility index (Phi) is 2.50. The largest absolute Gasteiger partial charge is 0.494 e. The summed E-state index contributed by atoms with van der Waals surface area (Å²) >= 11 is 0. The summed E-state index contributed by atoms with van der Waals surface area (Å²) in [4.78, 5) is 0. The zero-order chi connectivity index (χ0) is 9.14. The summed E-state index contributed by atoms with van der Waals surface area (Å²) in [7, 11) is 1.40. The molecule has 66 valence electrons. The lowest BCUT2D eigenvalue weighted by Crippen LogP contribution is -2.03. The maximum absolute atomic E-state index is 12.9. The lowest BCUT2D eigenvalue weighted by Gasteiger charge is -2.06. The van der Waals surface area contributed by atoms with Gasteiger partial charge in [0.05, 0.1) is 7.11 Å². The topological polar surface area (TPSA) is 61.3 Å². The zero-order valence-electron chi connectivity index (χ0n) is 6.80. The second-order valence-corrected chi connectivity index (χ2v) is 2.39. The van der Waals surface area contributed by atoms with Crippen LogP contribution in [0.25, 0.3) is 0 Å². The predicted molar refractivity (Wildman–Crippen MR) is 45.3 cm³/mol. The molecule has 0 radical (unpaired) electrons. The first-order valence-corrected chi connectivity index (χ1v) is 3.51. The van der Waals surface area contributed by atoms with Crippen LogP contribution in [0.1, 0.15) is 5.56 Å². The molecule has 0 fully saturated rings. The smallest absolute Gasteiger partial charge is 0.167 e. The molecule has 0 aromatic heterocycles. The van der Waals surface area contributed by atoms with Gasteiger partial charge < -0.3 is 16.2 Å². The molecule has 3 nitrogen and oxygen atoms in total. The van der Waals surface area contributed by atoms with Gasteiger partial charge in [-0.2, -0.15) is 0 Å². The summed E-state index contributed by atoms with van der Waals surface area (Å²) in [6.07, 6.45) is 0. The number of methoxy groups -OCH3 is 1. The third kappa shape index (κ3) is 1.48. The minimum Gasteiger partial charge on any atom is -0.494 e. The average molecular weight is 170 g/mol. The van der Waals surface area contributed by atoms with Crippen LogP contribution in [-0.4, -0.2) is 7.11 Å². The van der Waals surface area contributed by atoms with Crippen LogP contribution in [-0.2, 0) is 6.54 Å². The molecule has 1 aromatic rings. The molecule has 0 aliphatic heterocycles. The first-order valence-electron chi connectivity index (χ1n) is 3.51. The standard InChI is InChI=1S/C8H11FN2O/c1-12-8-2-5(4-10)7(11)3-6(8)9/h2-3H,4,10-11H2,1H3. The molecule has 4 N–H and O–H groups in total. The van der Waals surface area contributed by atoms with Crippen molar-refractivity contribution in [3.05, 3.63) is 23.5 Å². The zero-order valence-corrected chi connectivity index (χ0v) is 6.80. The van der Waals surface area contributed by atoms with Crippen molar-refractivity contribution < 1.29 is 9.13 Å². The molecule has 0 spiro atoms. The highest BCUT2D eigenvalue weighted by molar-refractivity contribution is 5.51. The van der Waals surface area contributed by atoms with Gasteiger partial charge in [-0.15, -0.1) is 0 Å². The summed E-state index contributed by atoms with van der Waals surface area (Å²) < 4.78 is 17.7. The third-order valence-electron chi connectivity index (χ3n) is 1.63. The highest BCUT2D eigenvalue weighted by atomic mass is 19.1. The minimum atomic E-state index is -0.466. The summed E-state index contributed by atoms with van der Waals surface area (Å²) in [6, 6.07) is 2.71. The lowest BCUT2D eigenvalue weighted by atomic mass is 10.1. The van der Waals surface area contributed by atoms with E-state index in [0.717, 1.165) is 0 Å². The fourth-order valence-corrected chi connectivity index (χ4v) is 0.944. The Morgan fingerprint density at radius 1 is 1.50 bits per heavy atom. The molecule has 0 unspecified atom stereocenters. The van der Waals surface area contributed by atoms with Crippen molar-refractivity contribution in [3.8, 4) is 5.75 Å². The van der Waals surface area contributed by atoms with Gasteiger partial charge in [0.15, 0.2) is 11.6 Å². The number of ether oxygens (including phenoxy) is 1. The van der Waals surface area contributed by atoms with Crippen LogP contribution < -0.4 is 16.2 Å². The molecule has 1 aromatic carbocycles. The summed E-state index contributed by atoms with van der Waals surface area (Å²) in [5, 5.41) is 0. The Bertz CT molecular complexity index is 263. The molecule has 0 saturated heterocycles. The van der Waals surface area contributed by atoms with Crippen molar-refractivity contribution in [1.29, 1.82) is 0 Å². The third-order valence-corrected chi connectivity index (χ3v) is 1.63. The molecule has 0 amide bonds. The SMILES string of the molecule is COc1cc(CN)c(N)cc1F. The van der Waals surface area contributed by atoms with Gasteiger partial charge in [-0.1, -0.05) is 0 Å². The van der Waals surface area contributed by atoms with E-state index in [-0.39, 0.29) is 12.3 Å². The van der Waals surface area contributed by atoms with Gasteiger partial charge in [0.25, 0.3) is 0 Å². The molecular formula is C8H11FN2O. The van der Waals surface area contributed by atoms with Gasteiger partial charge in [-0.25, -0.2) is 4.39 Å². The fourth-order valence-electron chi connectivity index (χ4n) is 0.944. The van der Waals surface area contributed by atoms with Crippen LogP contribution in [0.2, 0.25) is 0 Å². The number of halogens is 1. The highest BCUT2D eigenvalue weighted by Crippen LogP contribution is 2.23.